The Hall–Kier alpha value is -2.26. The second-order valence-electron chi connectivity index (χ2n) is 7.29. The lowest BCUT2D eigenvalue weighted by molar-refractivity contribution is 0.473. The summed E-state index contributed by atoms with van der Waals surface area (Å²) >= 11 is 12.2. The maximum absolute atomic E-state index is 6.68. The van der Waals surface area contributed by atoms with Crippen LogP contribution in [-0.2, 0) is 27.9 Å². The maximum atomic E-state index is 6.68. The van der Waals surface area contributed by atoms with Gasteiger partial charge in [0.15, 0.2) is 0 Å². The SMILES string of the molecule is S=P1(OP2(=S)Oc3ccccc3-c3ccccc32)Oc2ccccc2-c2ccccc21. The lowest BCUT2D eigenvalue weighted by Crippen LogP contribution is -2.24. The van der Waals surface area contributed by atoms with Gasteiger partial charge in [-0.25, -0.2) is 4.31 Å². The molecule has 0 N–H and O–H groups in total. The number of fused-ring (bicyclic) bond motifs is 6. The molecule has 0 aliphatic carbocycles. The zero-order chi connectivity index (χ0) is 21.1. The van der Waals surface area contributed by atoms with Crippen LogP contribution in [0.25, 0.3) is 22.3 Å². The van der Waals surface area contributed by atoms with E-state index < -0.39 is 13.0 Å². The molecule has 2 heterocycles. The van der Waals surface area contributed by atoms with Gasteiger partial charge in [0.1, 0.15) is 11.5 Å². The number of benzene rings is 4. The highest BCUT2D eigenvalue weighted by Crippen LogP contribution is 2.68. The Bertz CT molecular complexity index is 1340. The fourth-order valence-electron chi connectivity index (χ4n) is 4.04. The van der Waals surface area contributed by atoms with Gasteiger partial charge in [-0.05, 0) is 59.0 Å². The maximum Gasteiger partial charge on any atom is 0.276 e. The molecule has 0 saturated carbocycles. The number of hydrogen-bond acceptors (Lipinski definition) is 5. The molecular weight excluding hydrogens is 462 g/mol. The summed E-state index contributed by atoms with van der Waals surface area (Å²) in [6.07, 6.45) is 0. The van der Waals surface area contributed by atoms with Crippen molar-refractivity contribution in [2.75, 3.05) is 0 Å². The van der Waals surface area contributed by atoms with E-state index in [0.717, 1.165) is 44.4 Å². The molecule has 0 saturated heterocycles. The lowest BCUT2D eigenvalue weighted by Gasteiger charge is -2.37. The zero-order valence-electron chi connectivity index (χ0n) is 16.2. The third kappa shape index (κ3) is 3.04. The molecule has 2 aliphatic rings. The molecule has 0 fully saturated rings. The van der Waals surface area contributed by atoms with E-state index in [1.165, 1.54) is 0 Å². The molecule has 7 heteroatoms. The first-order valence-electron chi connectivity index (χ1n) is 9.76. The minimum Gasteiger partial charge on any atom is -0.439 e. The standard InChI is InChI=1S/C24H16O3P2S2/c30-28(23-15-7-3-11-19(23)17-9-1-5-13-21(17)25-28)27-29(31)24-16-8-4-12-20(24)18-10-2-6-14-22(18)26-29/h1-16H. The average Bonchev–Trinajstić information content (AvgIpc) is 2.79. The van der Waals surface area contributed by atoms with Crippen LogP contribution in [0.5, 0.6) is 11.5 Å². The van der Waals surface area contributed by atoms with Crippen molar-refractivity contribution < 1.29 is 13.4 Å². The third-order valence-electron chi connectivity index (χ3n) is 5.40. The van der Waals surface area contributed by atoms with Gasteiger partial charge in [-0.3, -0.25) is 0 Å². The average molecular weight is 478 g/mol. The van der Waals surface area contributed by atoms with E-state index in [-0.39, 0.29) is 0 Å². The van der Waals surface area contributed by atoms with Gasteiger partial charge >= 0.3 is 0 Å². The Kier molecular flexibility index (Phi) is 4.47. The molecule has 2 aliphatic heterocycles. The first-order chi connectivity index (χ1) is 15.1. The van der Waals surface area contributed by atoms with Gasteiger partial charge in [-0.2, -0.15) is 0 Å². The van der Waals surface area contributed by atoms with Gasteiger partial charge in [0.05, 0.1) is 10.6 Å². The molecule has 2 unspecified atom stereocenters. The molecule has 0 radical (unpaired) electrons. The van der Waals surface area contributed by atoms with Gasteiger partial charge in [0, 0.05) is 11.1 Å². The molecule has 0 aromatic heterocycles. The summed E-state index contributed by atoms with van der Waals surface area (Å²) in [5.41, 5.74) is 4.07. The quantitative estimate of drug-likeness (QED) is 0.311. The van der Waals surface area contributed by atoms with Crippen molar-refractivity contribution in [3.05, 3.63) is 97.1 Å². The summed E-state index contributed by atoms with van der Waals surface area (Å²) in [4.78, 5) is 0. The molecule has 6 rings (SSSR count). The molecule has 152 valence electrons. The van der Waals surface area contributed by atoms with Crippen LogP contribution in [0.1, 0.15) is 0 Å². The van der Waals surface area contributed by atoms with Crippen molar-refractivity contribution in [2.24, 2.45) is 0 Å². The first kappa shape index (κ1) is 19.4. The van der Waals surface area contributed by atoms with Gasteiger partial charge in [-0.15, -0.1) is 0 Å². The summed E-state index contributed by atoms with van der Waals surface area (Å²) in [6.45, 7) is -5.97. The van der Waals surface area contributed by atoms with E-state index in [1.54, 1.807) is 0 Å². The summed E-state index contributed by atoms with van der Waals surface area (Å²) < 4.78 is 19.5. The second-order valence-corrected chi connectivity index (χ2v) is 14.1. The Labute approximate surface area is 191 Å². The summed E-state index contributed by atoms with van der Waals surface area (Å²) in [7, 11) is 0. The van der Waals surface area contributed by atoms with Crippen molar-refractivity contribution in [3.63, 3.8) is 0 Å². The highest BCUT2D eigenvalue weighted by Gasteiger charge is 2.42. The van der Waals surface area contributed by atoms with Crippen LogP contribution < -0.4 is 19.7 Å². The van der Waals surface area contributed by atoms with E-state index in [2.05, 4.69) is 12.1 Å². The van der Waals surface area contributed by atoms with Crippen LogP contribution in [0.15, 0.2) is 97.1 Å². The van der Waals surface area contributed by atoms with Gasteiger partial charge in [0.2, 0.25) is 0 Å². The minimum atomic E-state index is -2.98. The topological polar surface area (TPSA) is 27.7 Å². The summed E-state index contributed by atoms with van der Waals surface area (Å²) in [5, 5.41) is 1.74. The first-order valence-corrected chi connectivity index (χ1v) is 15.0. The van der Waals surface area contributed by atoms with Crippen LogP contribution in [0.2, 0.25) is 0 Å². The highest BCUT2D eigenvalue weighted by atomic mass is 32.5. The van der Waals surface area contributed by atoms with Crippen molar-refractivity contribution in [1.29, 1.82) is 0 Å². The lowest BCUT2D eigenvalue weighted by atomic mass is 10.0. The van der Waals surface area contributed by atoms with Crippen LogP contribution in [0.3, 0.4) is 0 Å². The zero-order valence-corrected chi connectivity index (χ0v) is 19.6. The fraction of sp³-hybridized carbons (Fsp3) is 0. The Morgan fingerprint density at radius 1 is 0.484 bits per heavy atom. The van der Waals surface area contributed by atoms with Crippen LogP contribution >= 0.6 is 13.0 Å². The van der Waals surface area contributed by atoms with Crippen molar-refractivity contribution in [1.82, 2.24) is 0 Å². The van der Waals surface area contributed by atoms with E-state index in [4.69, 9.17) is 37.0 Å². The van der Waals surface area contributed by atoms with E-state index in [1.807, 2.05) is 84.9 Å². The highest BCUT2D eigenvalue weighted by molar-refractivity contribution is 8.21. The van der Waals surface area contributed by atoms with Crippen LogP contribution in [0, 0.1) is 0 Å². The monoisotopic (exact) mass is 478 g/mol. The van der Waals surface area contributed by atoms with Crippen molar-refractivity contribution in [3.8, 4) is 33.8 Å². The van der Waals surface area contributed by atoms with Crippen molar-refractivity contribution >= 4 is 47.2 Å². The van der Waals surface area contributed by atoms with Crippen LogP contribution in [0.4, 0.5) is 0 Å². The van der Waals surface area contributed by atoms with E-state index in [9.17, 15) is 0 Å². The summed E-state index contributed by atoms with van der Waals surface area (Å²) in [5.74, 6) is 1.44. The normalized spacial score (nSPS) is 22.7. The van der Waals surface area contributed by atoms with Gasteiger partial charge < -0.3 is 9.05 Å². The molecule has 0 bridgehead atoms. The second kappa shape index (κ2) is 7.13. The molecule has 4 aromatic carbocycles. The van der Waals surface area contributed by atoms with E-state index >= 15 is 0 Å². The number of para-hydroxylation sites is 2. The summed E-state index contributed by atoms with van der Waals surface area (Å²) in [6, 6.07) is 31.8. The smallest absolute Gasteiger partial charge is 0.276 e. The third-order valence-corrected chi connectivity index (χ3v) is 12.8. The molecule has 3 nitrogen and oxygen atoms in total. The number of rotatable bonds is 2. The fourth-order valence-corrected chi connectivity index (χ4v) is 12.2. The largest absolute Gasteiger partial charge is 0.439 e. The number of hydrogen-bond donors (Lipinski definition) is 0. The van der Waals surface area contributed by atoms with Crippen LogP contribution in [-0.4, -0.2) is 0 Å². The Morgan fingerprint density at radius 2 is 0.839 bits per heavy atom. The molecule has 4 aromatic rings. The van der Waals surface area contributed by atoms with Gasteiger partial charge in [-0.1, -0.05) is 72.8 Å². The Balaban J connectivity index is 1.52. The van der Waals surface area contributed by atoms with E-state index in [0.29, 0.717) is 0 Å². The molecule has 31 heavy (non-hydrogen) atoms. The minimum absolute atomic E-state index is 0.719. The van der Waals surface area contributed by atoms with Crippen molar-refractivity contribution in [2.45, 2.75) is 0 Å². The molecular formula is C24H16O3P2S2. The molecule has 0 amide bonds. The molecule has 2 atom stereocenters. The predicted molar refractivity (Wildman–Crippen MR) is 134 cm³/mol. The molecule has 0 spiro atoms. The Morgan fingerprint density at radius 3 is 1.29 bits per heavy atom. The van der Waals surface area contributed by atoms with Gasteiger partial charge in [0.25, 0.3) is 13.0 Å². The predicted octanol–water partition coefficient (Wildman–Crippen LogP) is 6.39.